The van der Waals surface area contributed by atoms with E-state index in [1.54, 1.807) is 13.8 Å². The van der Waals surface area contributed by atoms with E-state index < -0.39 is 30.5 Å². The molecule has 2 atom stereocenters. The Morgan fingerprint density at radius 2 is 1.96 bits per heavy atom. The molecule has 2 unspecified atom stereocenters. The Hall–Kier alpha value is -1.96. The first kappa shape index (κ1) is 19.1. The van der Waals surface area contributed by atoms with Crippen LogP contribution in [0.4, 0.5) is 0 Å². The number of ether oxygens (including phenoxy) is 2. The maximum Gasteiger partial charge on any atom is 0.350 e. The molecule has 7 nitrogen and oxygen atoms in total. The first-order valence-electron chi connectivity index (χ1n) is 7.28. The van der Waals surface area contributed by atoms with Gasteiger partial charge in [0, 0.05) is 0 Å². The van der Waals surface area contributed by atoms with Crippen LogP contribution in [0.3, 0.4) is 0 Å². The predicted molar refractivity (Wildman–Crippen MR) is 85.3 cm³/mol. The maximum absolute atomic E-state index is 11.9. The van der Waals surface area contributed by atoms with E-state index in [1.165, 1.54) is 18.4 Å². The molecule has 0 saturated heterocycles. The minimum Gasteiger partial charge on any atom is -0.467 e. The van der Waals surface area contributed by atoms with Crippen molar-refractivity contribution >= 4 is 29.2 Å². The second-order valence-corrected chi connectivity index (χ2v) is 6.38. The van der Waals surface area contributed by atoms with Crippen LogP contribution in [-0.2, 0) is 19.1 Å². The largest absolute Gasteiger partial charge is 0.467 e. The predicted octanol–water partition coefficient (Wildman–Crippen LogP) is 1.62. The van der Waals surface area contributed by atoms with Gasteiger partial charge in [-0.3, -0.25) is 4.79 Å². The molecule has 0 aliphatic carbocycles. The zero-order valence-corrected chi connectivity index (χ0v) is 14.8. The number of esters is 2. The lowest BCUT2D eigenvalue weighted by atomic mass is 9.99. The number of aryl methyl sites for hydroxylation is 2. The molecule has 1 N–H and O–H groups in total. The number of amides is 1. The van der Waals surface area contributed by atoms with Gasteiger partial charge in [0.25, 0.3) is 5.91 Å². The number of hydrogen-bond donors (Lipinski definition) is 1. The van der Waals surface area contributed by atoms with Crippen LogP contribution in [0, 0.1) is 19.8 Å². The Balaban J connectivity index is 2.60. The summed E-state index contributed by atoms with van der Waals surface area (Å²) in [6.45, 7) is 6.77. The molecule has 8 heteroatoms. The van der Waals surface area contributed by atoms with E-state index in [0.717, 1.165) is 5.01 Å². The Morgan fingerprint density at radius 3 is 2.43 bits per heavy atom. The van der Waals surface area contributed by atoms with Crippen molar-refractivity contribution in [1.29, 1.82) is 0 Å². The molecule has 1 aromatic heterocycles. The quantitative estimate of drug-likeness (QED) is 0.757. The van der Waals surface area contributed by atoms with Crippen molar-refractivity contribution in [1.82, 2.24) is 10.3 Å². The second kappa shape index (κ2) is 8.61. The number of methoxy groups -OCH3 is 1. The van der Waals surface area contributed by atoms with E-state index in [2.05, 4.69) is 15.0 Å². The molecule has 0 bridgehead atoms. The topological polar surface area (TPSA) is 94.6 Å². The highest BCUT2D eigenvalue weighted by atomic mass is 32.1. The summed E-state index contributed by atoms with van der Waals surface area (Å²) in [4.78, 5) is 40.0. The van der Waals surface area contributed by atoms with Crippen LogP contribution >= 0.6 is 11.3 Å². The van der Waals surface area contributed by atoms with Crippen LogP contribution in [0.5, 0.6) is 0 Å². The highest BCUT2D eigenvalue weighted by Crippen LogP contribution is 2.18. The van der Waals surface area contributed by atoms with Gasteiger partial charge >= 0.3 is 11.9 Å². The molecule has 1 heterocycles. The molecule has 0 spiro atoms. The lowest BCUT2D eigenvalue weighted by Gasteiger charge is -2.21. The van der Waals surface area contributed by atoms with E-state index in [1.807, 2.05) is 13.8 Å². The first-order valence-corrected chi connectivity index (χ1v) is 8.10. The zero-order chi connectivity index (χ0) is 17.6. The van der Waals surface area contributed by atoms with Gasteiger partial charge in [-0.1, -0.05) is 20.3 Å². The van der Waals surface area contributed by atoms with E-state index in [4.69, 9.17) is 4.74 Å². The summed E-state index contributed by atoms with van der Waals surface area (Å²) in [5, 5.41) is 3.29. The van der Waals surface area contributed by atoms with Crippen molar-refractivity contribution in [3.05, 3.63) is 15.6 Å². The van der Waals surface area contributed by atoms with Gasteiger partial charge in [-0.15, -0.1) is 11.3 Å². The van der Waals surface area contributed by atoms with Crippen LogP contribution in [0.25, 0.3) is 0 Å². The van der Waals surface area contributed by atoms with Gasteiger partial charge in [0.1, 0.15) is 10.9 Å². The van der Waals surface area contributed by atoms with Crippen molar-refractivity contribution in [3.8, 4) is 0 Å². The Morgan fingerprint density at radius 1 is 1.30 bits per heavy atom. The van der Waals surface area contributed by atoms with E-state index in [0.29, 0.717) is 17.0 Å². The fraction of sp³-hybridized carbons (Fsp3) is 0.600. The Labute approximate surface area is 139 Å². The number of rotatable bonds is 7. The summed E-state index contributed by atoms with van der Waals surface area (Å²) >= 11 is 1.21. The Kier molecular flexibility index (Phi) is 7.15. The standard InChI is InChI=1S/C15H22N2O5S/c1-6-8(2)12(14(19)21-5)17-11(18)7-22-15(20)13-9(3)16-10(4)23-13/h8,12H,6-7H2,1-5H3,(H,17,18). The van der Waals surface area contributed by atoms with Crippen LogP contribution < -0.4 is 5.32 Å². The molecule has 0 radical (unpaired) electrons. The van der Waals surface area contributed by atoms with Crippen molar-refractivity contribution in [3.63, 3.8) is 0 Å². The van der Waals surface area contributed by atoms with Crippen LogP contribution in [0.2, 0.25) is 0 Å². The lowest BCUT2D eigenvalue weighted by Crippen LogP contribution is -2.47. The number of carbonyl (C=O) groups is 3. The molecule has 128 valence electrons. The van der Waals surface area contributed by atoms with Gasteiger partial charge in [-0.25, -0.2) is 14.6 Å². The molecule has 1 aromatic rings. The number of thiazole rings is 1. The summed E-state index contributed by atoms with van der Waals surface area (Å²) < 4.78 is 9.66. The highest BCUT2D eigenvalue weighted by molar-refractivity contribution is 7.13. The first-order chi connectivity index (χ1) is 10.8. The lowest BCUT2D eigenvalue weighted by molar-refractivity contribution is -0.147. The molecule has 23 heavy (non-hydrogen) atoms. The summed E-state index contributed by atoms with van der Waals surface area (Å²) in [6.07, 6.45) is 0.694. The molecule has 0 fully saturated rings. The number of carbonyl (C=O) groups excluding carboxylic acids is 3. The second-order valence-electron chi connectivity index (χ2n) is 5.18. The highest BCUT2D eigenvalue weighted by Gasteiger charge is 2.27. The summed E-state index contributed by atoms with van der Waals surface area (Å²) in [6, 6.07) is -0.761. The minimum atomic E-state index is -0.761. The maximum atomic E-state index is 11.9. The fourth-order valence-electron chi connectivity index (χ4n) is 1.93. The smallest absolute Gasteiger partial charge is 0.350 e. The molecule has 1 rings (SSSR count). The molecule has 0 aromatic carbocycles. The van der Waals surface area contributed by atoms with Crippen LogP contribution in [0.1, 0.15) is 40.6 Å². The fourth-order valence-corrected chi connectivity index (χ4v) is 2.74. The van der Waals surface area contributed by atoms with Crippen molar-refractivity contribution in [2.75, 3.05) is 13.7 Å². The van der Waals surface area contributed by atoms with E-state index >= 15 is 0 Å². The molecule has 0 saturated carbocycles. The third kappa shape index (κ3) is 5.31. The van der Waals surface area contributed by atoms with Gasteiger partial charge in [0.05, 0.1) is 17.8 Å². The van der Waals surface area contributed by atoms with Gasteiger partial charge in [0.2, 0.25) is 0 Å². The van der Waals surface area contributed by atoms with Crippen LogP contribution in [-0.4, -0.2) is 42.6 Å². The summed E-state index contributed by atoms with van der Waals surface area (Å²) in [7, 11) is 1.26. The number of nitrogens with zero attached hydrogens (tertiary/aromatic N) is 1. The SMILES string of the molecule is CCC(C)C(NC(=O)COC(=O)c1sc(C)nc1C)C(=O)OC. The van der Waals surface area contributed by atoms with Crippen LogP contribution in [0.15, 0.2) is 0 Å². The third-order valence-corrected chi connectivity index (χ3v) is 4.46. The molecule has 0 aliphatic heterocycles. The summed E-state index contributed by atoms with van der Waals surface area (Å²) in [5.74, 6) is -1.75. The van der Waals surface area contributed by atoms with Gasteiger partial charge in [0.15, 0.2) is 6.61 Å². The zero-order valence-electron chi connectivity index (χ0n) is 14.0. The number of aromatic nitrogens is 1. The number of nitrogens with one attached hydrogen (secondary N) is 1. The third-order valence-electron chi connectivity index (χ3n) is 3.41. The normalized spacial score (nSPS) is 13.1. The van der Waals surface area contributed by atoms with Crippen molar-refractivity contribution < 1.29 is 23.9 Å². The van der Waals surface area contributed by atoms with Gasteiger partial charge in [-0.2, -0.15) is 0 Å². The minimum absolute atomic E-state index is 0.0894. The molecular weight excluding hydrogens is 320 g/mol. The van der Waals surface area contributed by atoms with E-state index in [-0.39, 0.29) is 5.92 Å². The molecule has 1 amide bonds. The molecular formula is C15H22N2O5S. The van der Waals surface area contributed by atoms with E-state index in [9.17, 15) is 14.4 Å². The van der Waals surface area contributed by atoms with Gasteiger partial charge in [-0.05, 0) is 19.8 Å². The van der Waals surface area contributed by atoms with Crippen molar-refractivity contribution in [2.45, 2.75) is 40.2 Å². The van der Waals surface area contributed by atoms with Crippen molar-refractivity contribution in [2.24, 2.45) is 5.92 Å². The molecule has 0 aliphatic rings. The monoisotopic (exact) mass is 342 g/mol. The Bertz CT molecular complexity index is 584. The van der Waals surface area contributed by atoms with Gasteiger partial charge < -0.3 is 14.8 Å². The number of hydrogen-bond acceptors (Lipinski definition) is 7. The summed E-state index contributed by atoms with van der Waals surface area (Å²) in [5.41, 5.74) is 0.574. The average Bonchev–Trinajstić information content (AvgIpc) is 2.87. The average molecular weight is 342 g/mol.